The number of carbonyl (C=O) groups is 1. The van der Waals surface area contributed by atoms with E-state index in [1.165, 1.54) is 24.3 Å². The van der Waals surface area contributed by atoms with Crippen molar-refractivity contribution >= 4 is 28.6 Å². The summed E-state index contributed by atoms with van der Waals surface area (Å²) in [5, 5.41) is 8.84. The first-order chi connectivity index (χ1) is 9.90. The maximum Gasteiger partial charge on any atom is 0.322 e. The van der Waals surface area contributed by atoms with Crippen LogP contribution in [0.2, 0.25) is 0 Å². The maximum atomic E-state index is 12.0. The second kappa shape index (κ2) is 7.93. The fourth-order valence-electron chi connectivity index (χ4n) is 1.33. The van der Waals surface area contributed by atoms with E-state index in [9.17, 15) is 13.2 Å². The average molecular weight is 329 g/mol. The first-order valence-electron chi connectivity index (χ1n) is 5.89. The van der Waals surface area contributed by atoms with Crippen LogP contribution in [0.1, 0.15) is 6.92 Å². The summed E-state index contributed by atoms with van der Waals surface area (Å²) in [6.07, 6.45) is 0. The third kappa shape index (κ3) is 5.30. The van der Waals surface area contributed by atoms with Crippen molar-refractivity contribution < 1.29 is 23.1 Å². The fourth-order valence-corrected chi connectivity index (χ4v) is 2.89. The molecule has 0 radical (unpaired) electrons. The number of nitrogens with one attached hydrogen (secondary N) is 1. The standard InChI is InChI=1S/C13H15NO5S2/c1-2-3-8-19-10-4-6-11(7-5-10)21(17,18)14-12(9-20)13(15)16/h4-7,12,14,20H,8-9H2,1H3,(H,15,16)/t12-/m0/s1. The molecule has 0 bridgehead atoms. The Bertz CT molecular complexity index is 643. The minimum Gasteiger partial charge on any atom is -0.481 e. The Morgan fingerprint density at radius 3 is 2.52 bits per heavy atom. The highest BCUT2D eigenvalue weighted by Crippen LogP contribution is 2.16. The highest BCUT2D eigenvalue weighted by molar-refractivity contribution is 7.89. The number of carboxylic acid groups (broad SMARTS) is 1. The van der Waals surface area contributed by atoms with Crippen molar-refractivity contribution in [1.29, 1.82) is 0 Å². The van der Waals surface area contributed by atoms with Crippen LogP contribution >= 0.6 is 12.6 Å². The third-order valence-corrected chi connectivity index (χ3v) is 4.25. The molecule has 0 amide bonds. The van der Waals surface area contributed by atoms with E-state index < -0.39 is 22.0 Å². The third-order valence-electron chi connectivity index (χ3n) is 2.40. The molecule has 0 aromatic heterocycles. The molecule has 0 spiro atoms. The Hall–Kier alpha value is -1.69. The molecule has 8 heteroatoms. The maximum absolute atomic E-state index is 12.0. The van der Waals surface area contributed by atoms with Gasteiger partial charge in [0.15, 0.2) is 0 Å². The van der Waals surface area contributed by atoms with Crippen LogP contribution < -0.4 is 9.46 Å². The average Bonchev–Trinajstić information content (AvgIpc) is 2.45. The molecule has 0 heterocycles. The van der Waals surface area contributed by atoms with Gasteiger partial charge < -0.3 is 9.84 Å². The van der Waals surface area contributed by atoms with Crippen LogP contribution in [0.3, 0.4) is 0 Å². The van der Waals surface area contributed by atoms with E-state index in [1.54, 1.807) is 6.92 Å². The normalized spacial score (nSPS) is 12.1. The monoisotopic (exact) mass is 329 g/mol. The summed E-state index contributed by atoms with van der Waals surface area (Å²) in [6, 6.07) is 4.32. The number of hydrogen-bond acceptors (Lipinski definition) is 5. The summed E-state index contributed by atoms with van der Waals surface area (Å²) in [5.74, 6) is 4.42. The molecule has 0 fully saturated rings. The molecule has 1 rings (SSSR count). The van der Waals surface area contributed by atoms with Gasteiger partial charge in [-0.2, -0.15) is 17.4 Å². The summed E-state index contributed by atoms with van der Waals surface area (Å²) in [5.41, 5.74) is 0. The molecule has 1 aromatic carbocycles. The summed E-state index contributed by atoms with van der Waals surface area (Å²) in [4.78, 5) is 10.8. The highest BCUT2D eigenvalue weighted by Gasteiger charge is 2.24. The van der Waals surface area contributed by atoms with E-state index in [4.69, 9.17) is 9.84 Å². The molecule has 6 nitrogen and oxygen atoms in total. The Kier molecular flexibility index (Phi) is 6.55. The van der Waals surface area contributed by atoms with Crippen molar-refractivity contribution in [3.05, 3.63) is 24.3 Å². The van der Waals surface area contributed by atoms with Gasteiger partial charge in [0.25, 0.3) is 0 Å². The number of thiol groups is 1. The lowest BCUT2D eigenvalue weighted by molar-refractivity contribution is -0.138. The molecule has 0 aliphatic rings. The zero-order valence-electron chi connectivity index (χ0n) is 11.2. The number of carboxylic acids is 1. The first-order valence-corrected chi connectivity index (χ1v) is 8.00. The van der Waals surface area contributed by atoms with Gasteiger partial charge in [0, 0.05) is 5.75 Å². The summed E-state index contributed by atoms with van der Waals surface area (Å²) < 4.78 is 31.3. The lowest BCUT2D eigenvalue weighted by Crippen LogP contribution is -2.41. The summed E-state index contributed by atoms with van der Waals surface area (Å²) >= 11 is 3.80. The van der Waals surface area contributed by atoms with E-state index >= 15 is 0 Å². The van der Waals surface area contributed by atoms with E-state index in [2.05, 4.69) is 29.2 Å². The van der Waals surface area contributed by atoms with Crippen molar-refractivity contribution in [2.75, 3.05) is 12.4 Å². The molecular formula is C13H15NO5S2. The van der Waals surface area contributed by atoms with Gasteiger partial charge in [0.05, 0.1) is 4.90 Å². The predicted molar refractivity (Wildman–Crippen MR) is 81.0 cm³/mol. The molecule has 21 heavy (non-hydrogen) atoms. The fraction of sp³-hybridized carbons (Fsp3) is 0.308. The highest BCUT2D eigenvalue weighted by atomic mass is 32.2. The summed E-state index contributed by atoms with van der Waals surface area (Å²) in [6.45, 7) is 1.90. The number of rotatable bonds is 7. The number of benzene rings is 1. The van der Waals surface area contributed by atoms with Gasteiger partial charge in [0.2, 0.25) is 10.0 Å². The zero-order valence-corrected chi connectivity index (χ0v) is 12.9. The topological polar surface area (TPSA) is 92.7 Å². The Balaban J connectivity index is 2.83. The minimum absolute atomic E-state index is 0.0514. The van der Waals surface area contributed by atoms with Gasteiger partial charge in [0.1, 0.15) is 18.4 Å². The van der Waals surface area contributed by atoms with E-state index in [0.717, 1.165) is 0 Å². The van der Waals surface area contributed by atoms with E-state index in [-0.39, 0.29) is 17.3 Å². The van der Waals surface area contributed by atoms with Crippen LogP contribution in [0.15, 0.2) is 29.2 Å². The van der Waals surface area contributed by atoms with Gasteiger partial charge >= 0.3 is 5.97 Å². The molecule has 1 atom stereocenters. The van der Waals surface area contributed by atoms with E-state index in [0.29, 0.717) is 5.75 Å². The number of aliphatic carboxylic acids is 1. The van der Waals surface area contributed by atoms with Crippen LogP contribution in [0, 0.1) is 11.8 Å². The first kappa shape index (κ1) is 17.4. The van der Waals surface area contributed by atoms with Gasteiger partial charge in [-0.25, -0.2) is 8.42 Å². The van der Waals surface area contributed by atoms with E-state index in [1.807, 2.05) is 0 Å². The second-order valence-corrected chi connectivity index (χ2v) is 5.96. The molecule has 0 aliphatic carbocycles. The van der Waals surface area contributed by atoms with Crippen LogP contribution in [0.5, 0.6) is 5.75 Å². The largest absolute Gasteiger partial charge is 0.481 e. The Morgan fingerprint density at radius 2 is 2.05 bits per heavy atom. The number of hydrogen-bond donors (Lipinski definition) is 3. The minimum atomic E-state index is -3.92. The zero-order chi connectivity index (χ0) is 15.9. The Labute approximate surface area is 129 Å². The lowest BCUT2D eigenvalue weighted by atomic mass is 10.3. The van der Waals surface area contributed by atoms with Gasteiger partial charge in [-0.05, 0) is 31.2 Å². The molecule has 2 N–H and O–H groups in total. The SMILES string of the molecule is CC#CCOc1ccc(S(=O)(=O)N[C@@H](CS)C(=O)O)cc1. The molecule has 1 aromatic rings. The van der Waals surface area contributed by atoms with Crippen LogP contribution in [-0.2, 0) is 14.8 Å². The predicted octanol–water partition coefficient (Wildman–Crippen LogP) is 0.750. The molecule has 0 saturated carbocycles. The Morgan fingerprint density at radius 1 is 1.43 bits per heavy atom. The van der Waals surface area contributed by atoms with Gasteiger partial charge in [-0.1, -0.05) is 5.92 Å². The van der Waals surface area contributed by atoms with Crippen LogP contribution in [0.4, 0.5) is 0 Å². The quantitative estimate of drug-likeness (QED) is 0.507. The summed E-state index contributed by atoms with van der Waals surface area (Å²) in [7, 11) is -3.92. The van der Waals surface area contributed by atoms with Crippen molar-refractivity contribution in [2.24, 2.45) is 0 Å². The van der Waals surface area contributed by atoms with Crippen molar-refractivity contribution in [1.82, 2.24) is 4.72 Å². The second-order valence-electron chi connectivity index (χ2n) is 3.88. The van der Waals surface area contributed by atoms with Gasteiger partial charge in [-0.15, -0.1) is 5.92 Å². The van der Waals surface area contributed by atoms with Crippen LogP contribution in [0.25, 0.3) is 0 Å². The van der Waals surface area contributed by atoms with Crippen molar-refractivity contribution in [3.63, 3.8) is 0 Å². The van der Waals surface area contributed by atoms with Gasteiger partial charge in [-0.3, -0.25) is 4.79 Å². The lowest BCUT2D eigenvalue weighted by Gasteiger charge is -2.12. The van der Waals surface area contributed by atoms with Crippen molar-refractivity contribution in [2.45, 2.75) is 17.9 Å². The number of sulfonamides is 1. The molecule has 0 aliphatic heterocycles. The molecule has 0 saturated heterocycles. The molecule has 0 unspecified atom stereocenters. The molecular weight excluding hydrogens is 314 g/mol. The van der Waals surface area contributed by atoms with Crippen molar-refractivity contribution in [3.8, 4) is 17.6 Å². The molecule has 114 valence electrons. The smallest absolute Gasteiger partial charge is 0.322 e. The van der Waals surface area contributed by atoms with Crippen LogP contribution in [-0.4, -0.2) is 37.9 Å². The number of ether oxygens (including phenoxy) is 1.